The molecule has 0 heterocycles. The number of nitrogens with one attached hydrogen (secondary N) is 1. The Morgan fingerprint density at radius 2 is 2.05 bits per heavy atom. The fourth-order valence-electron chi connectivity index (χ4n) is 1.56. The summed E-state index contributed by atoms with van der Waals surface area (Å²) in [4.78, 5) is 22.5. The van der Waals surface area contributed by atoms with Crippen molar-refractivity contribution in [3.63, 3.8) is 0 Å². The zero-order chi connectivity index (χ0) is 15.1. The van der Waals surface area contributed by atoms with Gasteiger partial charge in [0.05, 0.1) is 19.6 Å². The minimum atomic E-state index is -0.809. The maximum atomic E-state index is 11.7. The Bertz CT molecular complexity index is 490. The van der Waals surface area contributed by atoms with Crippen LogP contribution < -0.4 is 11.1 Å². The first-order valence-corrected chi connectivity index (χ1v) is 6.05. The van der Waals surface area contributed by atoms with Crippen molar-refractivity contribution in [1.82, 2.24) is 5.32 Å². The van der Waals surface area contributed by atoms with Gasteiger partial charge >= 0.3 is 5.97 Å². The highest BCUT2D eigenvalue weighted by molar-refractivity contribution is 5.82. The summed E-state index contributed by atoms with van der Waals surface area (Å²) >= 11 is 0. The van der Waals surface area contributed by atoms with Gasteiger partial charge in [0.1, 0.15) is 0 Å². The molecule has 1 atom stereocenters. The predicted molar refractivity (Wildman–Crippen MR) is 71.1 cm³/mol. The van der Waals surface area contributed by atoms with Crippen LogP contribution in [0.4, 0.5) is 0 Å². The van der Waals surface area contributed by atoms with Crippen LogP contribution in [0.15, 0.2) is 18.2 Å². The van der Waals surface area contributed by atoms with Crippen LogP contribution in [-0.2, 0) is 20.7 Å². The average Bonchev–Trinajstić information content (AvgIpc) is 2.42. The van der Waals surface area contributed by atoms with Crippen molar-refractivity contribution in [3.05, 3.63) is 23.8 Å². The number of aromatic hydroxyl groups is 2. The molecule has 0 aliphatic rings. The van der Waals surface area contributed by atoms with Gasteiger partial charge in [0.25, 0.3) is 0 Å². The quantitative estimate of drug-likeness (QED) is 0.418. The fourth-order valence-corrected chi connectivity index (χ4v) is 1.56. The van der Waals surface area contributed by atoms with Gasteiger partial charge in [0.2, 0.25) is 5.91 Å². The van der Waals surface area contributed by atoms with Crippen LogP contribution in [0.25, 0.3) is 0 Å². The van der Waals surface area contributed by atoms with E-state index in [1.807, 2.05) is 0 Å². The molecule has 1 aromatic carbocycles. The number of rotatable bonds is 6. The van der Waals surface area contributed by atoms with Crippen molar-refractivity contribution in [3.8, 4) is 11.5 Å². The summed E-state index contributed by atoms with van der Waals surface area (Å²) in [6.45, 7) is 0.153. The molecule has 0 aliphatic carbocycles. The Balaban J connectivity index is 2.45. The second-order valence-electron chi connectivity index (χ2n) is 4.25. The molecule has 0 aromatic heterocycles. The normalized spacial score (nSPS) is 11.7. The van der Waals surface area contributed by atoms with Crippen LogP contribution in [0.2, 0.25) is 0 Å². The number of methoxy groups -OCH3 is 1. The van der Waals surface area contributed by atoms with E-state index in [-0.39, 0.29) is 30.9 Å². The van der Waals surface area contributed by atoms with Gasteiger partial charge in [-0.1, -0.05) is 6.07 Å². The van der Waals surface area contributed by atoms with Crippen LogP contribution in [0.3, 0.4) is 0 Å². The lowest BCUT2D eigenvalue weighted by Crippen LogP contribution is -2.42. The molecule has 0 fully saturated rings. The number of amides is 1. The number of ether oxygens (including phenoxy) is 1. The summed E-state index contributed by atoms with van der Waals surface area (Å²) in [6, 6.07) is 3.43. The standard InChI is InChI=1S/C13H18N2O5/c1-20-12(18)4-5-15-13(19)9(14)6-8-2-3-10(16)11(17)7-8/h2-3,7,9,16-17H,4-6,14H2,1H3,(H,15,19)/t9-/m0/s1. The lowest BCUT2D eigenvalue weighted by molar-refractivity contribution is -0.140. The molecule has 0 spiro atoms. The molecule has 0 radical (unpaired) electrons. The molecule has 0 unspecified atom stereocenters. The minimum absolute atomic E-state index is 0.0783. The highest BCUT2D eigenvalue weighted by Crippen LogP contribution is 2.25. The third-order valence-electron chi connectivity index (χ3n) is 2.69. The largest absolute Gasteiger partial charge is 0.504 e. The maximum Gasteiger partial charge on any atom is 0.307 e. The van der Waals surface area contributed by atoms with E-state index in [9.17, 15) is 19.8 Å². The predicted octanol–water partition coefficient (Wildman–Crippen LogP) is -0.353. The zero-order valence-electron chi connectivity index (χ0n) is 11.1. The summed E-state index contributed by atoms with van der Waals surface area (Å²) in [5, 5.41) is 21.0. The molecule has 7 heteroatoms. The number of carbonyl (C=O) groups excluding carboxylic acids is 2. The van der Waals surface area contributed by atoms with Gasteiger partial charge in [0, 0.05) is 6.54 Å². The number of hydrogen-bond acceptors (Lipinski definition) is 6. The maximum absolute atomic E-state index is 11.7. The molecule has 0 aliphatic heterocycles. The molecular formula is C13H18N2O5. The minimum Gasteiger partial charge on any atom is -0.504 e. The second-order valence-corrected chi connectivity index (χ2v) is 4.25. The molecule has 5 N–H and O–H groups in total. The summed E-state index contributed by atoms with van der Waals surface area (Å²) in [5.74, 6) is -1.31. The van der Waals surface area contributed by atoms with Crippen molar-refractivity contribution in [2.24, 2.45) is 5.73 Å². The van der Waals surface area contributed by atoms with Crippen LogP contribution in [0.5, 0.6) is 11.5 Å². The fraction of sp³-hybridized carbons (Fsp3) is 0.385. The van der Waals surface area contributed by atoms with Gasteiger partial charge in [-0.3, -0.25) is 9.59 Å². The van der Waals surface area contributed by atoms with Gasteiger partial charge in [-0.25, -0.2) is 0 Å². The SMILES string of the molecule is COC(=O)CCNC(=O)[C@@H](N)Cc1ccc(O)c(O)c1. The van der Waals surface area contributed by atoms with Crippen LogP contribution in [-0.4, -0.2) is 41.8 Å². The smallest absolute Gasteiger partial charge is 0.307 e. The summed E-state index contributed by atoms with van der Waals surface area (Å²) in [6.07, 6.45) is 0.285. The Morgan fingerprint density at radius 1 is 1.35 bits per heavy atom. The highest BCUT2D eigenvalue weighted by Gasteiger charge is 2.15. The van der Waals surface area contributed by atoms with E-state index in [2.05, 4.69) is 10.1 Å². The molecule has 0 saturated carbocycles. The van der Waals surface area contributed by atoms with E-state index in [0.29, 0.717) is 5.56 Å². The van der Waals surface area contributed by atoms with Crippen molar-refractivity contribution in [2.75, 3.05) is 13.7 Å². The summed E-state index contributed by atoms with van der Waals surface area (Å²) < 4.78 is 4.44. The van der Waals surface area contributed by atoms with Crippen LogP contribution >= 0.6 is 0 Å². The third-order valence-corrected chi connectivity index (χ3v) is 2.69. The number of esters is 1. The first-order chi connectivity index (χ1) is 9.43. The first-order valence-electron chi connectivity index (χ1n) is 6.05. The highest BCUT2D eigenvalue weighted by atomic mass is 16.5. The van der Waals surface area contributed by atoms with E-state index in [4.69, 9.17) is 5.73 Å². The van der Waals surface area contributed by atoms with E-state index >= 15 is 0 Å². The van der Waals surface area contributed by atoms with Gasteiger partial charge in [-0.15, -0.1) is 0 Å². The van der Waals surface area contributed by atoms with Gasteiger partial charge in [-0.2, -0.15) is 0 Å². The van der Waals surface area contributed by atoms with E-state index in [1.54, 1.807) is 6.07 Å². The molecule has 110 valence electrons. The zero-order valence-corrected chi connectivity index (χ0v) is 11.1. The molecular weight excluding hydrogens is 264 g/mol. The van der Waals surface area contributed by atoms with E-state index in [1.165, 1.54) is 19.2 Å². The van der Waals surface area contributed by atoms with Gasteiger partial charge in [0.15, 0.2) is 11.5 Å². The monoisotopic (exact) mass is 282 g/mol. The topological polar surface area (TPSA) is 122 Å². The lowest BCUT2D eigenvalue weighted by atomic mass is 10.1. The van der Waals surface area contributed by atoms with Crippen LogP contribution in [0.1, 0.15) is 12.0 Å². The van der Waals surface area contributed by atoms with E-state index in [0.717, 1.165) is 0 Å². The number of hydrogen-bond donors (Lipinski definition) is 4. The summed E-state index contributed by atoms with van der Waals surface area (Å²) in [5.41, 5.74) is 6.34. The average molecular weight is 282 g/mol. The lowest BCUT2D eigenvalue weighted by Gasteiger charge is -2.12. The second kappa shape index (κ2) is 7.34. The Morgan fingerprint density at radius 3 is 2.65 bits per heavy atom. The van der Waals surface area contributed by atoms with Gasteiger partial charge < -0.3 is 26.0 Å². The van der Waals surface area contributed by atoms with Crippen molar-refractivity contribution >= 4 is 11.9 Å². The molecule has 20 heavy (non-hydrogen) atoms. The Labute approximate surface area is 116 Å². The molecule has 0 saturated heterocycles. The third kappa shape index (κ3) is 4.77. The number of benzene rings is 1. The van der Waals surface area contributed by atoms with Crippen LogP contribution in [0, 0.1) is 0 Å². The van der Waals surface area contributed by atoms with Crippen molar-refractivity contribution < 1.29 is 24.5 Å². The Hall–Kier alpha value is -2.28. The number of phenolic OH excluding ortho intramolecular Hbond substituents is 2. The van der Waals surface area contributed by atoms with Crippen molar-refractivity contribution in [2.45, 2.75) is 18.9 Å². The van der Waals surface area contributed by atoms with Crippen molar-refractivity contribution in [1.29, 1.82) is 0 Å². The molecule has 1 rings (SSSR count). The number of carbonyl (C=O) groups is 2. The van der Waals surface area contributed by atoms with Gasteiger partial charge in [-0.05, 0) is 24.1 Å². The summed E-state index contributed by atoms with van der Waals surface area (Å²) in [7, 11) is 1.27. The number of nitrogens with two attached hydrogens (primary N) is 1. The Kier molecular flexibility index (Phi) is 5.79. The molecule has 0 bridgehead atoms. The molecule has 1 aromatic rings. The molecule has 1 amide bonds. The van der Waals surface area contributed by atoms with E-state index < -0.39 is 17.9 Å². The molecule has 7 nitrogen and oxygen atoms in total. The first kappa shape index (κ1) is 15.8. The number of phenols is 2.